The maximum absolute atomic E-state index is 13.3. The molecule has 0 saturated carbocycles. The third-order valence-electron chi connectivity index (χ3n) is 6.77. The molecular weight excluding hydrogens is 582 g/mol. The van der Waals surface area contributed by atoms with Gasteiger partial charge in [0.15, 0.2) is 0 Å². The molecule has 1 atom stereocenters. The first-order valence-electron chi connectivity index (χ1n) is 12.6. The van der Waals surface area contributed by atoms with Gasteiger partial charge in [-0.3, -0.25) is 9.52 Å². The summed E-state index contributed by atoms with van der Waals surface area (Å²) >= 11 is 0. The quantitative estimate of drug-likeness (QED) is 0.193. The van der Waals surface area contributed by atoms with Crippen LogP contribution >= 0.6 is 12.4 Å². The number of halogens is 1. The molecule has 0 aliphatic heterocycles. The van der Waals surface area contributed by atoms with E-state index in [-0.39, 0.29) is 46.4 Å². The number of nitrogens with one attached hydrogen (secondary N) is 2. The molecule has 42 heavy (non-hydrogen) atoms. The van der Waals surface area contributed by atoms with Crippen LogP contribution in [0.3, 0.4) is 0 Å². The minimum absolute atomic E-state index is 0. The van der Waals surface area contributed by atoms with Crippen LogP contribution in [0, 0.1) is 0 Å². The Morgan fingerprint density at radius 1 is 0.976 bits per heavy atom. The van der Waals surface area contributed by atoms with E-state index in [0.717, 1.165) is 27.4 Å². The summed E-state index contributed by atoms with van der Waals surface area (Å²) < 4.78 is 41.3. The Hall–Kier alpha value is -4.52. The standard InChI is InChI=1S/C29H29N5O6S.ClH/c1-34-25-12-9-20(41(37,38)33-24-11-13-27(39-2)32-29(24)40-3)16-22(25)21-10-6-18(15-26(21)34)31-28(36)23(30)14-17-4-7-19(35)8-5-17;/h4-13,15-16,23,33,35H,14,30H2,1-3H3,(H,31,36);1H/t23-;/m0./s1. The Balaban J connectivity index is 0.00000405. The smallest absolute Gasteiger partial charge is 0.262 e. The van der Waals surface area contributed by atoms with E-state index >= 15 is 0 Å². The van der Waals surface area contributed by atoms with Crippen LogP contribution in [0.25, 0.3) is 21.8 Å². The van der Waals surface area contributed by atoms with Crippen LogP contribution in [0.4, 0.5) is 11.4 Å². The lowest BCUT2D eigenvalue weighted by molar-refractivity contribution is -0.117. The van der Waals surface area contributed by atoms with E-state index in [1.165, 1.54) is 32.4 Å². The summed E-state index contributed by atoms with van der Waals surface area (Å²) in [6, 6.07) is 19.1. The van der Waals surface area contributed by atoms with Crippen LogP contribution in [0.2, 0.25) is 0 Å². The van der Waals surface area contributed by atoms with Gasteiger partial charge in [0.05, 0.1) is 30.7 Å². The Morgan fingerprint density at radius 3 is 2.40 bits per heavy atom. The van der Waals surface area contributed by atoms with Crippen LogP contribution in [-0.4, -0.2) is 49.2 Å². The highest BCUT2D eigenvalue weighted by Crippen LogP contribution is 2.33. The van der Waals surface area contributed by atoms with Gasteiger partial charge in [0, 0.05) is 35.1 Å². The number of aromatic nitrogens is 2. The van der Waals surface area contributed by atoms with Crippen molar-refractivity contribution in [3.8, 4) is 17.5 Å². The summed E-state index contributed by atoms with van der Waals surface area (Å²) in [5.74, 6) is 0.165. The number of fused-ring (bicyclic) bond motifs is 3. The number of rotatable bonds is 9. The first-order valence-corrected chi connectivity index (χ1v) is 14.1. The number of sulfonamides is 1. The lowest BCUT2D eigenvalue weighted by Gasteiger charge is -2.13. The summed E-state index contributed by atoms with van der Waals surface area (Å²) in [4.78, 5) is 17.0. The molecule has 0 bridgehead atoms. The van der Waals surface area contributed by atoms with Crippen molar-refractivity contribution in [2.75, 3.05) is 24.3 Å². The summed E-state index contributed by atoms with van der Waals surface area (Å²) in [5, 5.41) is 13.9. The van der Waals surface area contributed by atoms with E-state index in [4.69, 9.17) is 15.2 Å². The Morgan fingerprint density at radius 2 is 1.71 bits per heavy atom. The molecule has 0 aliphatic rings. The molecule has 5 rings (SSSR count). The van der Waals surface area contributed by atoms with Crippen molar-refractivity contribution < 1.29 is 27.8 Å². The fourth-order valence-corrected chi connectivity index (χ4v) is 5.71. The van der Waals surface area contributed by atoms with Gasteiger partial charge in [-0.05, 0) is 60.5 Å². The number of nitrogens with zero attached hydrogens (tertiary/aromatic N) is 2. The van der Waals surface area contributed by atoms with Crippen molar-refractivity contribution in [1.29, 1.82) is 0 Å². The summed E-state index contributed by atoms with van der Waals surface area (Å²) in [7, 11) is 0.731. The van der Waals surface area contributed by atoms with E-state index in [0.29, 0.717) is 12.1 Å². The first kappa shape index (κ1) is 30.4. The van der Waals surface area contributed by atoms with Crippen LogP contribution < -0.4 is 25.2 Å². The zero-order valence-corrected chi connectivity index (χ0v) is 24.6. The number of hydrogen-bond donors (Lipinski definition) is 4. The molecule has 0 unspecified atom stereocenters. The number of nitrogens with two attached hydrogens (primary N) is 1. The summed E-state index contributed by atoms with van der Waals surface area (Å²) in [6.07, 6.45) is 0.312. The number of carbonyl (C=O) groups excluding carboxylic acids is 1. The number of carbonyl (C=O) groups is 1. The fraction of sp³-hybridized carbons (Fsp3) is 0.172. The topological polar surface area (TPSA) is 158 Å². The molecule has 5 N–H and O–H groups in total. The fourth-order valence-electron chi connectivity index (χ4n) is 4.62. The Kier molecular flexibility index (Phi) is 8.81. The average molecular weight is 612 g/mol. The Labute approximate surface area is 248 Å². The molecule has 1 amide bonds. The predicted molar refractivity (Wildman–Crippen MR) is 164 cm³/mol. The van der Waals surface area contributed by atoms with Gasteiger partial charge in [0.2, 0.25) is 17.7 Å². The monoisotopic (exact) mass is 611 g/mol. The van der Waals surface area contributed by atoms with Gasteiger partial charge in [-0.15, -0.1) is 12.4 Å². The van der Waals surface area contributed by atoms with E-state index in [1.807, 2.05) is 23.7 Å². The van der Waals surface area contributed by atoms with Gasteiger partial charge in [0.1, 0.15) is 11.4 Å². The predicted octanol–water partition coefficient (Wildman–Crippen LogP) is 4.18. The second-order valence-electron chi connectivity index (χ2n) is 9.45. The number of aryl methyl sites for hydroxylation is 1. The van der Waals surface area contributed by atoms with Crippen molar-refractivity contribution in [2.45, 2.75) is 17.4 Å². The van der Waals surface area contributed by atoms with Crippen LogP contribution in [-0.2, 0) is 28.3 Å². The second kappa shape index (κ2) is 12.1. The van der Waals surface area contributed by atoms with E-state index in [9.17, 15) is 18.3 Å². The molecule has 11 nitrogen and oxygen atoms in total. The molecule has 220 valence electrons. The number of amides is 1. The molecule has 13 heteroatoms. The molecule has 0 spiro atoms. The third kappa shape index (κ3) is 6.05. The van der Waals surface area contributed by atoms with Crippen LogP contribution in [0.15, 0.2) is 77.7 Å². The number of hydrogen-bond acceptors (Lipinski definition) is 8. The number of pyridine rings is 1. The number of aromatic hydroxyl groups is 1. The number of phenols is 1. The van der Waals surface area contributed by atoms with Crippen molar-refractivity contribution in [3.63, 3.8) is 0 Å². The molecule has 0 aliphatic carbocycles. The lowest BCUT2D eigenvalue weighted by atomic mass is 10.1. The van der Waals surface area contributed by atoms with Gasteiger partial charge in [-0.1, -0.05) is 18.2 Å². The zero-order chi connectivity index (χ0) is 29.3. The number of phenolic OH excluding ortho intramolecular Hbond substituents is 1. The maximum Gasteiger partial charge on any atom is 0.262 e. The molecule has 0 fully saturated rings. The first-order chi connectivity index (χ1) is 19.6. The number of benzene rings is 3. The molecule has 2 heterocycles. The highest BCUT2D eigenvalue weighted by atomic mass is 35.5. The lowest BCUT2D eigenvalue weighted by Crippen LogP contribution is -2.37. The van der Waals surface area contributed by atoms with Gasteiger partial charge < -0.3 is 30.2 Å². The number of anilines is 2. The molecular formula is C29H30ClN5O6S. The minimum atomic E-state index is -3.98. The van der Waals surface area contributed by atoms with Gasteiger partial charge in [0.25, 0.3) is 10.0 Å². The second-order valence-corrected chi connectivity index (χ2v) is 11.1. The summed E-state index contributed by atoms with van der Waals surface area (Å²) in [6.45, 7) is 0. The molecule has 0 saturated heterocycles. The van der Waals surface area contributed by atoms with Gasteiger partial charge in [-0.25, -0.2) is 8.42 Å². The van der Waals surface area contributed by atoms with Crippen molar-refractivity contribution >= 4 is 61.5 Å². The third-order valence-corrected chi connectivity index (χ3v) is 8.13. The largest absolute Gasteiger partial charge is 0.508 e. The molecule has 3 aromatic carbocycles. The van der Waals surface area contributed by atoms with E-state index in [1.54, 1.807) is 42.5 Å². The highest BCUT2D eigenvalue weighted by molar-refractivity contribution is 7.92. The number of methoxy groups -OCH3 is 2. The SMILES string of the molecule is COc1ccc(NS(=O)(=O)c2ccc3c(c2)c2ccc(NC(=O)[C@@H](N)Cc4ccc(O)cc4)cc2n3C)c(OC)n1.Cl. The highest BCUT2D eigenvalue weighted by Gasteiger charge is 2.21. The minimum Gasteiger partial charge on any atom is -0.508 e. The van der Waals surface area contributed by atoms with Crippen molar-refractivity contribution in [1.82, 2.24) is 9.55 Å². The van der Waals surface area contributed by atoms with E-state index < -0.39 is 16.1 Å². The summed E-state index contributed by atoms with van der Waals surface area (Å²) in [5.41, 5.74) is 9.30. The van der Waals surface area contributed by atoms with E-state index in [2.05, 4.69) is 15.0 Å². The average Bonchev–Trinajstić information content (AvgIpc) is 3.24. The normalized spacial score (nSPS) is 12.0. The van der Waals surface area contributed by atoms with Crippen LogP contribution in [0.1, 0.15) is 5.56 Å². The van der Waals surface area contributed by atoms with Crippen molar-refractivity contribution in [3.05, 3.63) is 78.4 Å². The van der Waals surface area contributed by atoms with Gasteiger partial charge >= 0.3 is 0 Å². The zero-order valence-electron chi connectivity index (χ0n) is 23.0. The molecule has 0 radical (unpaired) electrons. The van der Waals surface area contributed by atoms with Gasteiger partial charge in [-0.2, -0.15) is 4.98 Å². The maximum atomic E-state index is 13.3. The van der Waals surface area contributed by atoms with Crippen molar-refractivity contribution in [2.24, 2.45) is 12.8 Å². The number of ether oxygens (including phenoxy) is 2. The molecule has 2 aromatic heterocycles. The van der Waals surface area contributed by atoms with Crippen LogP contribution in [0.5, 0.6) is 17.5 Å². The Bertz CT molecular complexity index is 1880. The molecule has 5 aromatic rings.